The van der Waals surface area contributed by atoms with Gasteiger partial charge in [-0.3, -0.25) is 4.79 Å². The molecule has 0 N–H and O–H groups in total. The summed E-state index contributed by atoms with van der Waals surface area (Å²) in [6, 6.07) is 18.9. The number of unbranched alkanes of at least 4 members (excludes halogenated alkanes) is 14. The van der Waals surface area contributed by atoms with E-state index in [2.05, 4.69) is 49.4 Å². The highest BCUT2D eigenvalue weighted by Crippen LogP contribution is 2.26. The summed E-state index contributed by atoms with van der Waals surface area (Å²) in [6.07, 6.45) is 21.0. The van der Waals surface area contributed by atoms with E-state index < -0.39 is 0 Å². The van der Waals surface area contributed by atoms with E-state index in [1.54, 1.807) is 0 Å². The van der Waals surface area contributed by atoms with Gasteiger partial charge >= 0.3 is 0 Å². The Labute approximate surface area is 202 Å². The lowest BCUT2D eigenvalue weighted by atomic mass is 9.95. The molecule has 0 aliphatic heterocycles. The quantitative estimate of drug-likeness (QED) is 0.115. The molecule has 3 aromatic carbocycles. The van der Waals surface area contributed by atoms with Gasteiger partial charge in [0.2, 0.25) is 0 Å². The molecule has 0 aliphatic carbocycles. The van der Waals surface area contributed by atoms with Gasteiger partial charge in [0.05, 0.1) is 0 Å². The molecule has 0 aliphatic rings. The van der Waals surface area contributed by atoms with Crippen LogP contribution in [0.2, 0.25) is 0 Å². The lowest BCUT2D eigenvalue weighted by Crippen LogP contribution is -2.00. The van der Waals surface area contributed by atoms with Gasteiger partial charge in [0.1, 0.15) is 0 Å². The second-order valence-corrected chi connectivity index (χ2v) is 9.85. The molecule has 3 aromatic rings. The molecule has 0 saturated carbocycles. The number of hydrogen-bond donors (Lipinski definition) is 0. The summed E-state index contributed by atoms with van der Waals surface area (Å²) in [5.74, 6) is 0.297. The van der Waals surface area contributed by atoms with Crippen molar-refractivity contribution in [2.24, 2.45) is 0 Å². The molecule has 0 fully saturated rings. The zero-order chi connectivity index (χ0) is 23.1. The van der Waals surface area contributed by atoms with Crippen LogP contribution in [0.3, 0.4) is 0 Å². The third-order valence-electron chi connectivity index (χ3n) is 7.05. The standard InChI is InChI=1S/C32H44O/c1-2-3-4-5-6-7-8-9-10-11-12-13-14-15-16-24-32(33)30-23-19-22-29-25-27-20-17-18-21-28(27)26-31(29)30/h17-23,25-26H,2-16,24H2,1H3. The van der Waals surface area contributed by atoms with Gasteiger partial charge in [-0.2, -0.15) is 0 Å². The Kier molecular flexibility index (Phi) is 11.5. The minimum Gasteiger partial charge on any atom is -0.294 e. The number of ketones is 1. The molecule has 0 radical (unpaired) electrons. The van der Waals surface area contributed by atoms with Gasteiger partial charge in [0.15, 0.2) is 5.78 Å². The summed E-state index contributed by atoms with van der Waals surface area (Å²) in [5, 5.41) is 4.70. The van der Waals surface area contributed by atoms with Crippen LogP contribution in [0.5, 0.6) is 0 Å². The number of rotatable bonds is 17. The van der Waals surface area contributed by atoms with Crippen LogP contribution < -0.4 is 0 Å². The highest BCUT2D eigenvalue weighted by molar-refractivity contribution is 6.11. The van der Waals surface area contributed by atoms with Crippen molar-refractivity contribution in [3.05, 3.63) is 60.2 Å². The molecule has 0 aromatic heterocycles. The van der Waals surface area contributed by atoms with Gasteiger partial charge in [-0.05, 0) is 40.1 Å². The van der Waals surface area contributed by atoms with E-state index in [0.29, 0.717) is 12.2 Å². The summed E-state index contributed by atoms with van der Waals surface area (Å²) in [5.41, 5.74) is 0.892. The second-order valence-electron chi connectivity index (χ2n) is 9.85. The number of fused-ring (bicyclic) bond motifs is 2. The molecule has 33 heavy (non-hydrogen) atoms. The minimum absolute atomic E-state index is 0.297. The first-order valence-electron chi connectivity index (χ1n) is 13.7. The molecule has 178 valence electrons. The molecular weight excluding hydrogens is 400 g/mol. The monoisotopic (exact) mass is 444 g/mol. The van der Waals surface area contributed by atoms with E-state index in [-0.39, 0.29) is 0 Å². The van der Waals surface area contributed by atoms with Gasteiger partial charge in [-0.15, -0.1) is 0 Å². The van der Waals surface area contributed by atoms with Crippen LogP contribution in [0.15, 0.2) is 54.6 Å². The molecule has 0 heterocycles. The van der Waals surface area contributed by atoms with Crippen molar-refractivity contribution in [2.75, 3.05) is 0 Å². The topological polar surface area (TPSA) is 17.1 Å². The van der Waals surface area contributed by atoms with Crippen molar-refractivity contribution >= 4 is 27.3 Å². The SMILES string of the molecule is CCCCCCCCCCCCCCCCCC(=O)c1cccc2cc3ccccc3cc12. The zero-order valence-electron chi connectivity index (χ0n) is 20.9. The number of benzene rings is 3. The Morgan fingerprint density at radius 1 is 0.545 bits per heavy atom. The molecule has 3 rings (SSSR count). The Morgan fingerprint density at radius 2 is 1.03 bits per heavy atom. The van der Waals surface area contributed by atoms with E-state index in [0.717, 1.165) is 22.8 Å². The van der Waals surface area contributed by atoms with Crippen molar-refractivity contribution in [3.8, 4) is 0 Å². The predicted octanol–water partition coefficient (Wildman–Crippen LogP) is 10.4. The molecule has 0 amide bonds. The van der Waals surface area contributed by atoms with E-state index in [4.69, 9.17) is 0 Å². The molecular formula is C32H44O. The largest absolute Gasteiger partial charge is 0.294 e. The minimum atomic E-state index is 0.297. The van der Waals surface area contributed by atoms with E-state index in [9.17, 15) is 4.79 Å². The maximum Gasteiger partial charge on any atom is 0.163 e. The van der Waals surface area contributed by atoms with E-state index >= 15 is 0 Å². The summed E-state index contributed by atoms with van der Waals surface area (Å²) in [6.45, 7) is 2.28. The van der Waals surface area contributed by atoms with E-state index in [1.807, 2.05) is 12.1 Å². The summed E-state index contributed by atoms with van der Waals surface area (Å²) >= 11 is 0. The number of carbonyl (C=O) groups excluding carboxylic acids is 1. The van der Waals surface area contributed by atoms with Crippen LogP contribution in [-0.2, 0) is 0 Å². The normalized spacial score (nSPS) is 11.4. The maximum absolute atomic E-state index is 12.9. The zero-order valence-corrected chi connectivity index (χ0v) is 20.9. The first kappa shape index (κ1) is 25.5. The fourth-order valence-electron chi connectivity index (χ4n) is 5.00. The maximum atomic E-state index is 12.9. The molecule has 0 spiro atoms. The lowest BCUT2D eigenvalue weighted by molar-refractivity contribution is 0.0980. The van der Waals surface area contributed by atoms with Gasteiger partial charge < -0.3 is 0 Å². The third kappa shape index (κ3) is 8.61. The molecule has 0 unspecified atom stereocenters. The molecule has 0 bridgehead atoms. The Morgan fingerprint density at radius 3 is 1.61 bits per heavy atom. The van der Waals surface area contributed by atoms with Gasteiger partial charge in [0, 0.05) is 12.0 Å². The highest BCUT2D eigenvalue weighted by Gasteiger charge is 2.10. The predicted molar refractivity (Wildman–Crippen MR) is 145 cm³/mol. The summed E-state index contributed by atoms with van der Waals surface area (Å²) in [4.78, 5) is 12.9. The Bertz CT molecular complexity index is 971. The molecule has 0 atom stereocenters. The smallest absolute Gasteiger partial charge is 0.163 e. The van der Waals surface area contributed by atoms with Gasteiger partial charge in [0.25, 0.3) is 0 Å². The van der Waals surface area contributed by atoms with Crippen molar-refractivity contribution in [1.82, 2.24) is 0 Å². The molecule has 1 heteroatoms. The van der Waals surface area contributed by atoms with Crippen molar-refractivity contribution in [2.45, 2.75) is 110 Å². The fourth-order valence-corrected chi connectivity index (χ4v) is 5.00. The molecule has 1 nitrogen and oxygen atoms in total. The number of hydrogen-bond acceptors (Lipinski definition) is 1. The number of carbonyl (C=O) groups is 1. The van der Waals surface area contributed by atoms with Crippen molar-refractivity contribution in [3.63, 3.8) is 0 Å². The third-order valence-corrected chi connectivity index (χ3v) is 7.05. The van der Waals surface area contributed by atoms with Crippen LogP contribution in [0.4, 0.5) is 0 Å². The number of Topliss-reactive ketones (excluding diaryl/α,β-unsaturated/α-hetero) is 1. The fraction of sp³-hybridized carbons (Fsp3) is 0.531. The summed E-state index contributed by atoms with van der Waals surface area (Å²) < 4.78 is 0. The molecule has 0 saturated heterocycles. The van der Waals surface area contributed by atoms with Crippen molar-refractivity contribution < 1.29 is 4.79 Å². The Balaban J connectivity index is 1.27. The first-order chi connectivity index (χ1) is 16.3. The second kappa shape index (κ2) is 14.9. The lowest BCUT2D eigenvalue weighted by Gasteiger charge is -2.08. The first-order valence-corrected chi connectivity index (χ1v) is 13.7. The van der Waals surface area contributed by atoms with Crippen LogP contribution in [0.1, 0.15) is 120 Å². The van der Waals surface area contributed by atoms with Crippen LogP contribution in [0, 0.1) is 0 Å². The average molecular weight is 445 g/mol. The average Bonchev–Trinajstić information content (AvgIpc) is 2.84. The summed E-state index contributed by atoms with van der Waals surface area (Å²) in [7, 11) is 0. The highest BCUT2D eigenvalue weighted by atomic mass is 16.1. The van der Waals surface area contributed by atoms with Gasteiger partial charge in [-0.1, -0.05) is 139 Å². The van der Waals surface area contributed by atoms with Gasteiger partial charge in [-0.25, -0.2) is 0 Å². The Hall–Kier alpha value is -2.15. The van der Waals surface area contributed by atoms with Crippen LogP contribution in [0.25, 0.3) is 21.5 Å². The van der Waals surface area contributed by atoms with Crippen LogP contribution in [-0.4, -0.2) is 5.78 Å². The van der Waals surface area contributed by atoms with Crippen LogP contribution >= 0.6 is 0 Å². The van der Waals surface area contributed by atoms with E-state index in [1.165, 1.54) is 101 Å². The van der Waals surface area contributed by atoms with Crippen molar-refractivity contribution in [1.29, 1.82) is 0 Å².